The van der Waals surface area contributed by atoms with Crippen LogP contribution in [0.4, 0.5) is 43.9 Å². The largest absolute Gasteiger partial charge is 0.428 e. The normalized spacial score (nSPS) is 19.5. The fourth-order valence-electron chi connectivity index (χ4n) is 0.824. The van der Waals surface area contributed by atoms with E-state index >= 15 is 0 Å². The quantitative estimate of drug-likeness (QED) is 0.717. The third-order valence-electron chi connectivity index (χ3n) is 1.65. The Morgan fingerprint density at radius 2 is 1.17 bits per heavy atom. The van der Waals surface area contributed by atoms with E-state index in [1.54, 1.807) is 0 Å². The second kappa shape index (κ2) is 5.10. The van der Waals surface area contributed by atoms with Crippen LogP contribution in [0, 0.1) is 0 Å². The van der Waals surface area contributed by atoms with Crippen molar-refractivity contribution < 1.29 is 48.6 Å². The SMILES string of the molecule is CC(OC(F)(F)C(F)C(F)(F)F)C(F)C(F)(F)F. The van der Waals surface area contributed by atoms with E-state index in [0.717, 1.165) is 0 Å². The van der Waals surface area contributed by atoms with E-state index in [9.17, 15) is 43.9 Å². The summed E-state index contributed by atoms with van der Waals surface area (Å²) in [4.78, 5) is 0. The average molecular weight is 296 g/mol. The van der Waals surface area contributed by atoms with Gasteiger partial charge in [-0.2, -0.15) is 35.1 Å². The Labute approximate surface area is 93.7 Å². The highest BCUT2D eigenvalue weighted by Crippen LogP contribution is 2.38. The molecule has 0 aliphatic heterocycles. The van der Waals surface area contributed by atoms with Gasteiger partial charge in [0, 0.05) is 0 Å². The third-order valence-corrected chi connectivity index (χ3v) is 1.65. The van der Waals surface area contributed by atoms with Crippen molar-refractivity contribution in [1.29, 1.82) is 0 Å². The molecule has 0 saturated heterocycles. The zero-order chi connectivity index (χ0) is 14.9. The zero-order valence-corrected chi connectivity index (χ0v) is 8.42. The van der Waals surface area contributed by atoms with Crippen LogP contribution < -0.4 is 0 Å². The predicted octanol–water partition coefficient (Wildman–Crippen LogP) is 3.79. The molecule has 0 aliphatic rings. The summed E-state index contributed by atoms with van der Waals surface area (Å²) in [6.45, 7) is 0.106. The van der Waals surface area contributed by atoms with E-state index < -0.39 is 36.9 Å². The van der Waals surface area contributed by atoms with E-state index in [-0.39, 0.29) is 6.92 Å². The van der Waals surface area contributed by atoms with Crippen LogP contribution in [0.1, 0.15) is 6.92 Å². The van der Waals surface area contributed by atoms with E-state index in [4.69, 9.17) is 0 Å². The Bertz CT molecular complexity index is 268. The minimum Gasteiger partial charge on any atom is -0.311 e. The summed E-state index contributed by atoms with van der Waals surface area (Å²) in [7, 11) is 0. The van der Waals surface area contributed by atoms with E-state index in [1.165, 1.54) is 0 Å². The van der Waals surface area contributed by atoms with Gasteiger partial charge in [-0.05, 0) is 6.92 Å². The van der Waals surface area contributed by atoms with Crippen LogP contribution in [0.25, 0.3) is 0 Å². The second-order valence-electron chi connectivity index (χ2n) is 3.23. The molecular weight excluding hydrogens is 290 g/mol. The molecule has 1 nitrogen and oxygen atoms in total. The van der Waals surface area contributed by atoms with E-state index in [0.29, 0.717) is 0 Å². The van der Waals surface area contributed by atoms with Crippen molar-refractivity contribution in [2.45, 2.75) is 43.8 Å². The molecule has 0 heterocycles. The molecule has 11 heteroatoms. The van der Waals surface area contributed by atoms with Gasteiger partial charge in [-0.1, -0.05) is 0 Å². The lowest BCUT2D eigenvalue weighted by Gasteiger charge is -2.27. The zero-order valence-electron chi connectivity index (χ0n) is 8.42. The molecule has 0 N–H and O–H groups in total. The third kappa shape index (κ3) is 4.50. The molecule has 110 valence electrons. The number of hydrogen-bond acceptors (Lipinski definition) is 1. The predicted molar refractivity (Wildman–Crippen MR) is 37.4 cm³/mol. The summed E-state index contributed by atoms with van der Waals surface area (Å²) in [6.07, 6.45) is -29.1. The molecule has 0 fully saturated rings. The van der Waals surface area contributed by atoms with Crippen molar-refractivity contribution >= 4 is 0 Å². The number of ether oxygens (including phenoxy) is 1. The van der Waals surface area contributed by atoms with Crippen molar-refractivity contribution in [1.82, 2.24) is 0 Å². The van der Waals surface area contributed by atoms with Crippen molar-refractivity contribution in [3.05, 3.63) is 0 Å². The molecule has 3 atom stereocenters. The molecule has 0 aromatic heterocycles. The fourth-order valence-corrected chi connectivity index (χ4v) is 0.824. The van der Waals surface area contributed by atoms with Gasteiger partial charge in [0.1, 0.15) is 6.10 Å². The Hall–Kier alpha value is -0.740. The monoisotopic (exact) mass is 296 g/mol. The molecule has 3 unspecified atom stereocenters. The van der Waals surface area contributed by atoms with Gasteiger partial charge < -0.3 is 4.74 Å². The van der Waals surface area contributed by atoms with Crippen LogP contribution in [0.5, 0.6) is 0 Å². The van der Waals surface area contributed by atoms with Crippen molar-refractivity contribution in [2.24, 2.45) is 0 Å². The van der Waals surface area contributed by atoms with Crippen LogP contribution in [0.2, 0.25) is 0 Å². The summed E-state index contributed by atoms with van der Waals surface area (Å²) in [6, 6.07) is 0. The van der Waals surface area contributed by atoms with Gasteiger partial charge in [-0.25, -0.2) is 8.78 Å². The first-order valence-corrected chi connectivity index (χ1v) is 4.16. The number of halogens is 10. The highest BCUT2D eigenvalue weighted by atomic mass is 19.4. The first-order chi connectivity index (χ1) is 7.69. The average Bonchev–Trinajstić information content (AvgIpc) is 2.11. The van der Waals surface area contributed by atoms with Gasteiger partial charge in [0.05, 0.1) is 0 Å². The van der Waals surface area contributed by atoms with Crippen LogP contribution in [-0.2, 0) is 4.74 Å². The Balaban J connectivity index is 4.78. The summed E-state index contributed by atoms with van der Waals surface area (Å²) in [5.74, 6) is 0. The van der Waals surface area contributed by atoms with Gasteiger partial charge in [0.15, 0.2) is 0 Å². The Morgan fingerprint density at radius 3 is 1.44 bits per heavy atom. The Kier molecular flexibility index (Phi) is 4.89. The lowest BCUT2D eigenvalue weighted by Crippen LogP contribution is -2.48. The van der Waals surface area contributed by atoms with Gasteiger partial charge in [0.2, 0.25) is 6.17 Å². The molecule has 0 bridgehead atoms. The van der Waals surface area contributed by atoms with Gasteiger partial charge in [-0.3, -0.25) is 0 Å². The van der Waals surface area contributed by atoms with E-state index in [1.807, 2.05) is 0 Å². The maximum absolute atomic E-state index is 12.5. The van der Waals surface area contributed by atoms with Crippen molar-refractivity contribution in [3.8, 4) is 0 Å². The molecule has 0 rings (SSSR count). The second-order valence-corrected chi connectivity index (χ2v) is 3.23. The molecule has 18 heavy (non-hydrogen) atoms. The lowest BCUT2D eigenvalue weighted by atomic mass is 10.2. The smallest absolute Gasteiger partial charge is 0.311 e. The van der Waals surface area contributed by atoms with Gasteiger partial charge in [-0.15, -0.1) is 0 Å². The minimum atomic E-state index is -6.05. The lowest BCUT2D eigenvalue weighted by molar-refractivity contribution is -0.358. The maximum atomic E-state index is 12.5. The van der Waals surface area contributed by atoms with Crippen LogP contribution >= 0.6 is 0 Å². The van der Waals surface area contributed by atoms with Crippen molar-refractivity contribution in [2.75, 3.05) is 0 Å². The summed E-state index contributed by atoms with van der Waals surface area (Å²) in [5.41, 5.74) is 0. The topological polar surface area (TPSA) is 9.23 Å². The van der Waals surface area contributed by atoms with Crippen molar-refractivity contribution in [3.63, 3.8) is 0 Å². The first kappa shape index (κ1) is 17.3. The van der Waals surface area contributed by atoms with E-state index in [2.05, 4.69) is 4.74 Å². The number of alkyl halides is 10. The van der Waals surface area contributed by atoms with Crippen LogP contribution in [-0.4, -0.2) is 36.9 Å². The van der Waals surface area contributed by atoms with Gasteiger partial charge >= 0.3 is 18.5 Å². The molecule has 0 aromatic carbocycles. The summed E-state index contributed by atoms with van der Waals surface area (Å²) in [5, 5.41) is 0. The molecule has 0 spiro atoms. The van der Waals surface area contributed by atoms with Gasteiger partial charge in [0.25, 0.3) is 6.17 Å². The highest BCUT2D eigenvalue weighted by molar-refractivity contribution is 4.80. The standard InChI is InChI=1S/C7H6F10O/c1-2(3(8)5(10,11)12)18-7(16,17)4(9)6(13,14)15/h2-4H,1H3. The molecule has 0 saturated carbocycles. The van der Waals surface area contributed by atoms with Crippen LogP contribution in [0.15, 0.2) is 0 Å². The molecule has 0 radical (unpaired) electrons. The molecule has 0 aliphatic carbocycles. The van der Waals surface area contributed by atoms with Crippen LogP contribution in [0.3, 0.4) is 0 Å². The molecule has 0 aromatic rings. The summed E-state index contributed by atoms with van der Waals surface area (Å²) < 4.78 is 122. The molecule has 0 amide bonds. The molecular formula is C7H6F10O. The highest BCUT2D eigenvalue weighted by Gasteiger charge is 2.60. The fraction of sp³-hybridized carbons (Fsp3) is 1.00. The first-order valence-electron chi connectivity index (χ1n) is 4.16. The Morgan fingerprint density at radius 1 is 0.778 bits per heavy atom. The summed E-state index contributed by atoms with van der Waals surface area (Å²) >= 11 is 0. The number of hydrogen-bond donors (Lipinski definition) is 0. The minimum absolute atomic E-state index is 0.106. The number of rotatable bonds is 4. The maximum Gasteiger partial charge on any atom is 0.428 e.